The van der Waals surface area contributed by atoms with E-state index in [2.05, 4.69) is 57.7 Å². The van der Waals surface area contributed by atoms with E-state index in [4.69, 9.17) is 0 Å². The van der Waals surface area contributed by atoms with Gasteiger partial charge < -0.3 is 14.9 Å². The molecule has 6 rings (SSSR count). The summed E-state index contributed by atoms with van der Waals surface area (Å²) < 4.78 is 0. The maximum Gasteiger partial charge on any atom is 0.254 e. The van der Waals surface area contributed by atoms with Crippen molar-refractivity contribution >= 4 is 28.0 Å². The Morgan fingerprint density at radius 2 is 1.87 bits per heavy atom. The van der Waals surface area contributed by atoms with Crippen LogP contribution in [0.4, 0.5) is 0 Å². The van der Waals surface area contributed by atoms with Crippen LogP contribution in [-0.2, 0) is 11.8 Å². The Balaban J connectivity index is 1.47. The first kappa shape index (κ1) is 17.7. The Hall–Kier alpha value is -3.15. The molecule has 2 bridgehead atoms. The number of nitrogens with one attached hydrogen (secondary N) is 2. The Kier molecular flexibility index (Phi) is 3.37. The summed E-state index contributed by atoms with van der Waals surface area (Å²) in [5.74, 6) is 0.101. The summed E-state index contributed by atoms with van der Waals surface area (Å²) in [5.41, 5.74) is 7.26. The molecule has 2 N–H and O–H groups in total. The van der Waals surface area contributed by atoms with E-state index in [1.165, 1.54) is 11.1 Å². The predicted molar refractivity (Wildman–Crippen MR) is 116 cm³/mol. The third-order valence-electron chi connectivity index (χ3n) is 8.10. The molecule has 2 atom stereocenters. The van der Waals surface area contributed by atoms with E-state index >= 15 is 0 Å². The van der Waals surface area contributed by atoms with Crippen molar-refractivity contribution in [3.63, 3.8) is 0 Å². The molecule has 6 heteroatoms. The van der Waals surface area contributed by atoms with Crippen LogP contribution in [0.15, 0.2) is 43.0 Å². The standard InChI is InChI=1S/C24H25N5O/c1-23(2)20-11-15-16(5-7-18-21(15)28-13-26-18)24(23,3)8-9-29(20)22(30)14-4-6-17-19(10-14)27-12-25-17/h4-7,10,12-13,20H,8-9,11H2,1-3H3,(H,25,27)(H,26,28). The average Bonchev–Trinajstić information content (AvgIpc) is 3.38. The lowest BCUT2D eigenvalue weighted by atomic mass is 9.51. The van der Waals surface area contributed by atoms with E-state index in [0.29, 0.717) is 0 Å². The minimum Gasteiger partial charge on any atom is -0.345 e. The van der Waals surface area contributed by atoms with Crippen molar-refractivity contribution in [1.29, 1.82) is 0 Å². The molecule has 3 heterocycles. The number of piperidine rings is 1. The summed E-state index contributed by atoms with van der Waals surface area (Å²) in [6.45, 7) is 7.79. The van der Waals surface area contributed by atoms with Crippen molar-refractivity contribution in [2.45, 2.75) is 45.1 Å². The van der Waals surface area contributed by atoms with Crippen LogP contribution < -0.4 is 0 Å². The van der Waals surface area contributed by atoms with Crippen LogP contribution in [0.3, 0.4) is 0 Å². The van der Waals surface area contributed by atoms with Gasteiger partial charge in [-0.05, 0) is 53.6 Å². The average molecular weight is 399 g/mol. The number of likely N-dealkylation sites (tertiary alicyclic amines) is 1. The van der Waals surface area contributed by atoms with Crippen LogP contribution in [0.1, 0.15) is 48.7 Å². The molecule has 2 unspecified atom stereocenters. The Morgan fingerprint density at radius 1 is 1.07 bits per heavy atom. The maximum absolute atomic E-state index is 13.7. The summed E-state index contributed by atoms with van der Waals surface area (Å²) in [6.07, 6.45) is 5.21. The lowest BCUT2D eigenvalue weighted by Gasteiger charge is -2.60. The molecular weight excluding hydrogens is 374 g/mol. The number of benzene rings is 2. The molecule has 2 aromatic carbocycles. The number of carbonyl (C=O) groups excluding carboxylic acids is 1. The van der Waals surface area contributed by atoms with Gasteiger partial charge in [-0.15, -0.1) is 0 Å². The van der Waals surface area contributed by atoms with E-state index in [9.17, 15) is 4.79 Å². The van der Waals surface area contributed by atoms with Gasteiger partial charge in [-0.25, -0.2) is 9.97 Å². The highest BCUT2D eigenvalue weighted by atomic mass is 16.2. The third-order valence-corrected chi connectivity index (χ3v) is 8.10. The van der Waals surface area contributed by atoms with Crippen molar-refractivity contribution < 1.29 is 4.79 Å². The van der Waals surface area contributed by atoms with E-state index in [-0.39, 0.29) is 22.8 Å². The molecule has 2 aromatic heterocycles. The zero-order valence-corrected chi connectivity index (χ0v) is 17.5. The zero-order chi connectivity index (χ0) is 20.7. The quantitative estimate of drug-likeness (QED) is 0.504. The minimum absolute atomic E-state index is 0.00248. The maximum atomic E-state index is 13.7. The van der Waals surface area contributed by atoms with Gasteiger partial charge in [0.1, 0.15) is 0 Å². The van der Waals surface area contributed by atoms with Crippen molar-refractivity contribution in [2.75, 3.05) is 6.54 Å². The van der Waals surface area contributed by atoms with Gasteiger partial charge in [0.2, 0.25) is 0 Å². The molecule has 0 saturated carbocycles. The smallest absolute Gasteiger partial charge is 0.254 e. The number of hydrogen-bond acceptors (Lipinski definition) is 3. The van der Waals surface area contributed by atoms with Crippen LogP contribution in [-0.4, -0.2) is 43.3 Å². The highest BCUT2D eigenvalue weighted by molar-refractivity contribution is 5.98. The second kappa shape index (κ2) is 5.72. The molecule has 1 amide bonds. The lowest BCUT2D eigenvalue weighted by molar-refractivity contribution is -0.0259. The molecule has 30 heavy (non-hydrogen) atoms. The summed E-state index contributed by atoms with van der Waals surface area (Å²) in [7, 11) is 0. The summed E-state index contributed by atoms with van der Waals surface area (Å²) in [4.78, 5) is 31.0. The molecule has 1 saturated heterocycles. The number of aromatic amines is 2. The van der Waals surface area contributed by atoms with Gasteiger partial charge in [-0.2, -0.15) is 0 Å². The largest absolute Gasteiger partial charge is 0.345 e. The molecule has 152 valence electrons. The number of nitrogens with zero attached hydrogens (tertiary/aromatic N) is 3. The number of imidazole rings is 2. The molecule has 1 aliphatic carbocycles. The molecule has 4 aromatic rings. The number of H-pyrrole nitrogens is 2. The number of amides is 1. The molecule has 6 nitrogen and oxygen atoms in total. The number of aromatic nitrogens is 4. The fourth-order valence-corrected chi connectivity index (χ4v) is 5.89. The second-order valence-electron chi connectivity index (χ2n) is 9.55. The Morgan fingerprint density at radius 3 is 2.73 bits per heavy atom. The van der Waals surface area contributed by atoms with E-state index in [0.717, 1.165) is 47.0 Å². The summed E-state index contributed by atoms with van der Waals surface area (Å²) >= 11 is 0. The lowest BCUT2D eigenvalue weighted by Crippen LogP contribution is -2.64. The van der Waals surface area contributed by atoms with Crippen LogP contribution >= 0.6 is 0 Å². The first-order valence-corrected chi connectivity index (χ1v) is 10.6. The van der Waals surface area contributed by atoms with E-state index in [1.54, 1.807) is 12.7 Å². The van der Waals surface area contributed by atoms with Gasteiger partial charge in [0.25, 0.3) is 5.91 Å². The number of rotatable bonds is 1. The fourth-order valence-electron chi connectivity index (χ4n) is 5.89. The topological polar surface area (TPSA) is 77.7 Å². The van der Waals surface area contributed by atoms with E-state index in [1.807, 2.05) is 18.2 Å². The van der Waals surface area contributed by atoms with Crippen LogP contribution in [0.2, 0.25) is 0 Å². The number of carbonyl (C=O) groups is 1. The normalized spacial score (nSPS) is 24.9. The van der Waals surface area contributed by atoms with Crippen LogP contribution in [0, 0.1) is 5.41 Å². The van der Waals surface area contributed by atoms with Gasteiger partial charge in [-0.3, -0.25) is 4.79 Å². The highest BCUT2D eigenvalue weighted by Crippen LogP contribution is 2.56. The van der Waals surface area contributed by atoms with Crippen molar-refractivity contribution in [3.05, 3.63) is 59.7 Å². The first-order chi connectivity index (χ1) is 14.4. The van der Waals surface area contributed by atoms with Crippen LogP contribution in [0.25, 0.3) is 22.1 Å². The molecular formula is C24H25N5O. The first-order valence-electron chi connectivity index (χ1n) is 10.6. The molecule has 1 aliphatic heterocycles. The summed E-state index contributed by atoms with van der Waals surface area (Å²) in [6, 6.07) is 10.3. The van der Waals surface area contributed by atoms with Crippen LogP contribution in [0.5, 0.6) is 0 Å². The predicted octanol–water partition coefficient (Wildman–Crippen LogP) is 4.19. The Bertz CT molecular complexity index is 1320. The highest BCUT2D eigenvalue weighted by Gasteiger charge is 2.57. The molecule has 2 aliphatic rings. The van der Waals surface area contributed by atoms with Gasteiger partial charge in [0.15, 0.2) is 0 Å². The number of fused-ring (bicyclic) bond motifs is 7. The molecule has 1 fully saturated rings. The number of hydrogen-bond donors (Lipinski definition) is 2. The Labute approximate surface area is 174 Å². The molecule has 0 radical (unpaired) electrons. The monoisotopic (exact) mass is 399 g/mol. The van der Waals surface area contributed by atoms with Gasteiger partial charge in [-0.1, -0.05) is 26.8 Å². The summed E-state index contributed by atoms with van der Waals surface area (Å²) in [5, 5.41) is 0. The second-order valence-corrected chi connectivity index (χ2v) is 9.55. The molecule has 0 spiro atoms. The van der Waals surface area contributed by atoms with Gasteiger partial charge in [0, 0.05) is 23.6 Å². The van der Waals surface area contributed by atoms with Crippen molar-refractivity contribution in [2.24, 2.45) is 5.41 Å². The van der Waals surface area contributed by atoms with Crippen molar-refractivity contribution in [3.8, 4) is 0 Å². The third kappa shape index (κ3) is 2.11. The van der Waals surface area contributed by atoms with E-state index < -0.39 is 0 Å². The van der Waals surface area contributed by atoms with Gasteiger partial charge >= 0.3 is 0 Å². The fraction of sp³-hybridized carbons (Fsp3) is 0.375. The minimum atomic E-state index is -0.0457. The van der Waals surface area contributed by atoms with Crippen molar-refractivity contribution in [1.82, 2.24) is 24.8 Å². The SMILES string of the molecule is CC12CCN(C(=O)c3ccc4nc[nH]c4c3)C(Cc3c1ccc1[nH]cnc31)C2(C)C. The zero-order valence-electron chi connectivity index (χ0n) is 17.5. The van der Waals surface area contributed by atoms with Gasteiger partial charge in [0.05, 0.1) is 34.7 Å².